The molecule has 1 rings (SSSR count). The van der Waals surface area contributed by atoms with E-state index in [-0.39, 0.29) is 0 Å². The molecule has 0 aromatic heterocycles. The minimum atomic E-state index is 0.726. The fourth-order valence-corrected chi connectivity index (χ4v) is 3.07. The number of hydrogen-bond acceptors (Lipinski definition) is 2. The summed E-state index contributed by atoms with van der Waals surface area (Å²) in [6.07, 6.45) is 9.70. The third-order valence-corrected chi connectivity index (χ3v) is 4.39. The van der Waals surface area contributed by atoms with E-state index in [1.54, 1.807) is 0 Å². The van der Waals surface area contributed by atoms with E-state index in [0.717, 1.165) is 18.0 Å². The van der Waals surface area contributed by atoms with E-state index in [1.807, 2.05) is 0 Å². The van der Waals surface area contributed by atoms with Crippen molar-refractivity contribution in [2.75, 3.05) is 19.6 Å². The van der Waals surface area contributed by atoms with Gasteiger partial charge >= 0.3 is 0 Å². The molecule has 1 N–H and O–H groups in total. The maximum absolute atomic E-state index is 3.68. The summed E-state index contributed by atoms with van der Waals surface area (Å²) in [5.41, 5.74) is 0. The second-order valence-corrected chi connectivity index (χ2v) is 6.83. The maximum atomic E-state index is 3.68. The average molecular weight is 268 g/mol. The topological polar surface area (TPSA) is 15.3 Å². The van der Waals surface area contributed by atoms with E-state index < -0.39 is 0 Å². The first kappa shape index (κ1) is 17.0. The number of nitrogens with zero attached hydrogens (tertiary/aromatic N) is 1. The zero-order valence-corrected chi connectivity index (χ0v) is 13.8. The second kappa shape index (κ2) is 9.77. The van der Waals surface area contributed by atoms with Gasteiger partial charge in [-0.2, -0.15) is 0 Å². The third-order valence-electron chi connectivity index (χ3n) is 4.39. The lowest BCUT2D eigenvalue weighted by molar-refractivity contribution is 0.134. The maximum Gasteiger partial charge on any atom is 0.0195 e. The molecule has 114 valence electrons. The fraction of sp³-hybridized carbons (Fsp3) is 1.00. The minimum absolute atomic E-state index is 0.726. The van der Waals surface area contributed by atoms with Crippen molar-refractivity contribution in [1.82, 2.24) is 10.2 Å². The van der Waals surface area contributed by atoms with Crippen molar-refractivity contribution < 1.29 is 0 Å². The van der Waals surface area contributed by atoms with Crippen molar-refractivity contribution in [3.05, 3.63) is 0 Å². The van der Waals surface area contributed by atoms with Gasteiger partial charge in [0.05, 0.1) is 0 Å². The highest BCUT2D eigenvalue weighted by molar-refractivity contribution is 4.83. The molecule has 0 aromatic rings. The van der Waals surface area contributed by atoms with E-state index in [4.69, 9.17) is 0 Å². The number of rotatable bonds is 9. The largest absolute Gasteiger partial charge is 0.311 e. The van der Waals surface area contributed by atoms with E-state index in [0.29, 0.717) is 0 Å². The van der Waals surface area contributed by atoms with Crippen LogP contribution >= 0.6 is 0 Å². The molecule has 0 amide bonds. The van der Waals surface area contributed by atoms with Crippen LogP contribution in [0.15, 0.2) is 0 Å². The first-order chi connectivity index (χ1) is 9.13. The summed E-state index contributed by atoms with van der Waals surface area (Å²) in [6, 6.07) is 1.46. The van der Waals surface area contributed by atoms with Gasteiger partial charge in [0.1, 0.15) is 0 Å². The molecule has 0 aliphatic carbocycles. The monoisotopic (exact) mass is 268 g/mol. The summed E-state index contributed by atoms with van der Waals surface area (Å²) in [4.78, 5) is 2.71. The smallest absolute Gasteiger partial charge is 0.0195 e. The summed E-state index contributed by atoms with van der Waals surface area (Å²) in [5.74, 6) is 0.878. The number of piperazine rings is 1. The Morgan fingerprint density at radius 1 is 1.16 bits per heavy atom. The molecule has 19 heavy (non-hydrogen) atoms. The van der Waals surface area contributed by atoms with Crippen LogP contribution in [0.2, 0.25) is 0 Å². The zero-order valence-electron chi connectivity index (χ0n) is 13.8. The first-order valence-electron chi connectivity index (χ1n) is 8.61. The summed E-state index contributed by atoms with van der Waals surface area (Å²) >= 11 is 0. The highest BCUT2D eigenvalue weighted by Gasteiger charge is 2.23. The molecule has 2 atom stereocenters. The summed E-state index contributed by atoms with van der Waals surface area (Å²) in [5, 5.41) is 3.68. The zero-order chi connectivity index (χ0) is 14.1. The Morgan fingerprint density at radius 3 is 2.58 bits per heavy atom. The molecule has 0 bridgehead atoms. The van der Waals surface area contributed by atoms with Crippen LogP contribution in [0, 0.1) is 5.92 Å². The van der Waals surface area contributed by atoms with Gasteiger partial charge in [0.15, 0.2) is 0 Å². The van der Waals surface area contributed by atoms with Crippen LogP contribution in [0.5, 0.6) is 0 Å². The van der Waals surface area contributed by atoms with E-state index in [9.17, 15) is 0 Å². The van der Waals surface area contributed by atoms with Gasteiger partial charge in [-0.05, 0) is 32.2 Å². The molecule has 0 radical (unpaired) electrons. The Kier molecular flexibility index (Phi) is 8.72. The summed E-state index contributed by atoms with van der Waals surface area (Å²) < 4.78 is 0. The van der Waals surface area contributed by atoms with Gasteiger partial charge in [0, 0.05) is 25.2 Å². The predicted octanol–water partition coefficient (Wildman–Crippen LogP) is 4.06. The molecule has 0 aromatic carbocycles. The van der Waals surface area contributed by atoms with Crippen molar-refractivity contribution in [3.63, 3.8) is 0 Å². The molecular weight excluding hydrogens is 232 g/mol. The van der Waals surface area contributed by atoms with Gasteiger partial charge in [0.25, 0.3) is 0 Å². The highest BCUT2D eigenvalue weighted by atomic mass is 15.2. The molecule has 1 aliphatic rings. The lowest BCUT2D eigenvalue weighted by atomic mass is 10.0. The molecular formula is C17H36N2. The molecule has 2 unspecified atom stereocenters. The van der Waals surface area contributed by atoms with Crippen molar-refractivity contribution in [3.8, 4) is 0 Å². The first-order valence-corrected chi connectivity index (χ1v) is 8.61. The lowest BCUT2D eigenvalue weighted by Crippen LogP contribution is -2.55. The third kappa shape index (κ3) is 7.31. The SMILES string of the molecule is CCCC1CN(CCCCCCC(C)C)C(C)CN1. The summed E-state index contributed by atoms with van der Waals surface area (Å²) in [6.45, 7) is 13.1. The second-order valence-electron chi connectivity index (χ2n) is 6.83. The Morgan fingerprint density at radius 2 is 1.89 bits per heavy atom. The molecule has 1 heterocycles. The number of unbranched alkanes of at least 4 members (excludes halogenated alkanes) is 3. The van der Waals surface area contributed by atoms with Crippen molar-refractivity contribution in [2.24, 2.45) is 5.92 Å². The predicted molar refractivity (Wildman–Crippen MR) is 85.7 cm³/mol. The van der Waals surface area contributed by atoms with Crippen molar-refractivity contribution >= 4 is 0 Å². The van der Waals surface area contributed by atoms with Crippen LogP contribution in [0.25, 0.3) is 0 Å². The van der Waals surface area contributed by atoms with E-state index >= 15 is 0 Å². The highest BCUT2D eigenvalue weighted by Crippen LogP contribution is 2.13. The van der Waals surface area contributed by atoms with Crippen LogP contribution in [0.1, 0.15) is 72.6 Å². The molecule has 2 nitrogen and oxygen atoms in total. The number of nitrogens with one attached hydrogen (secondary N) is 1. The molecule has 1 fully saturated rings. The quantitative estimate of drug-likeness (QED) is 0.635. The lowest BCUT2D eigenvalue weighted by Gasteiger charge is -2.39. The summed E-state index contributed by atoms with van der Waals surface area (Å²) in [7, 11) is 0. The van der Waals surface area contributed by atoms with Gasteiger partial charge in [0.2, 0.25) is 0 Å². The molecule has 1 saturated heterocycles. The van der Waals surface area contributed by atoms with Gasteiger partial charge < -0.3 is 5.32 Å². The van der Waals surface area contributed by atoms with Gasteiger partial charge in [-0.15, -0.1) is 0 Å². The van der Waals surface area contributed by atoms with Gasteiger partial charge in [-0.1, -0.05) is 52.9 Å². The van der Waals surface area contributed by atoms with Crippen molar-refractivity contribution in [2.45, 2.75) is 84.7 Å². The van der Waals surface area contributed by atoms with E-state index in [2.05, 4.69) is 37.9 Å². The van der Waals surface area contributed by atoms with E-state index in [1.165, 1.54) is 64.6 Å². The Bertz CT molecular complexity index is 215. The molecule has 0 saturated carbocycles. The van der Waals surface area contributed by atoms with Gasteiger partial charge in [-0.3, -0.25) is 4.90 Å². The Balaban J connectivity index is 2.09. The van der Waals surface area contributed by atoms with Crippen molar-refractivity contribution in [1.29, 1.82) is 0 Å². The molecule has 1 aliphatic heterocycles. The van der Waals surface area contributed by atoms with Gasteiger partial charge in [-0.25, -0.2) is 0 Å². The Hall–Kier alpha value is -0.0800. The number of hydrogen-bond donors (Lipinski definition) is 1. The van der Waals surface area contributed by atoms with Crippen LogP contribution in [0.4, 0.5) is 0 Å². The molecule has 2 heteroatoms. The van der Waals surface area contributed by atoms with Crippen LogP contribution in [0.3, 0.4) is 0 Å². The Labute approximate surface area is 121 Å². The van der Waals surface area contributed by atoms with Crippen LogP contribution in [-0.4, -0.2) is 36.6 Å². The minimum Gasteiger partial charge on any atom is -0.311 e. The molecule has 0 spiro atoms. The van der Waals surface area contributed by atoms with Crippen LogP contribution < -0.4 is 5.32 Å². The fourth-order valence-electron chi connectivity index (χ4n) is 3.07. The standard InChI is InChI=1S/C17H36N2/c1-5-10-17-14-19(16(4)13-18-17)12-9-7-6-8-11-15(2)3/h15-18H,5-14H2,1-4H3. The normalized spacial score (nSPS) is 25.1. The van der Waals surface area contributed by atoms with Crippen LogP contribution in [-0.2, 0) is 0 Å². The average Bonchev–Trinajstić information content (AvgIpc) is 2.37.